The summed E-state index contributed by atoms with van der Waals surface area (Å²) in [5.41, 5.74) is 6.82. The van der Waals surface area contributed by atoms with Crippen LogP contribution in [-0.2, 0) is 0 Å². The summed E-state index contributed by atoms with van der Waals surface area (Å²) < 4.78 is 7.45. The van der Waals surface area contributed by atoms with Crippen molar-refractivity contribution in [2.45, 2.75) is 18.9 Å². The molecule has 6 heteroatoms. The Hall–Kier alpha value is -4.19. The fourth-order valence-electron chi connectivity index (χ4n) is 4.03. The van der Waals surface area contributed by atoms with E-state index in [1.807, 2.05) is 24.3 Å². The van der Waals surface area contributed by atoms with E-state index in [4.69, 9.17) is 14.7 Å². The third-order valence-corrected chi connectivity index (χ3v) is 5.80. The lowest BCUT2D eigenvalue weighted by Gasteiger charge is -2.20. The first-order valence-corrected chi connectivity index (χ1v) is 11.1. The number of para-hydroxylation sites is 3. The molecule has 33 heavy (non-hydrogen) atoms. The fraction of sp³-hybridized carbons (Fsp3) is 0.148. The standard InChI is InChI=1S/C27H23N5O/c1-33-27-14-13-19(17-28-27)30-22-15-24-26(16-23(22)29-18-11-12-18)32(20-7-3-2-4-8-20)25-10-6-5-9-21(25)31-24/h2-10,13-18,30H,11-12H2,1H3. The summed E-state index contributed by atoms with van der Waals surface area (Å²) in [6, 6.07) is 27.1. The minimum absolute atomic E-state index is 0.385. The number of methoxy groups -OCH3 is 1. The number of pyridine rings is 1. The zero-order valence-corrected chi connectivity index (χ0v) is 18.3. The Morgan fingerprint density at radius 3 is 2.55 bits per heavy atom. The van der Waals surface area contributed by atoms with E-state index in [2.05, 4.69) is 69.5 Å². The van der Waals surface area contributed by atoms with Crippen molar-refractivity contribution in [1.82, 2.24) is 14.5 Å². The third kappa shape index (κ3) is 3.80. The molecular formula is C27H23N5O. The summed E-state index contributed by atoms with van der Waals surface area (Å²) in [4.78, 5) is 14.3. The summed E-state index contributed by atoms with van der Waals surface area (Å²) in [7, 11) is 1.61. The molecule has 1 fully saturated rings. The highest BCUT2D eigenvalue weighted by atomic mass is 16.5. The first kappa shape index (κ1) is 19.5. The third-order valence-electron chi connectivity index (χ3n) is 5.80. The lowest BCUT2D eigenvalue weighted by Crippen LogP contribution is -2.15. The van der Waals surface area contributed by atoms with Crippen LogP contribution in [0.1, 0.15) is 12.8 Å². The highest BCUT2D eigenvalue weighted by Gasteiger charge is 2.21. The highest BCUT2D eigenvalue weighted by Crippen LogP contribution is 2.31. The van der Waals surface area contributed by atoms with Gasteiger partial charge in [-0.25, -0.2) is 9.97 Å². The van der Waals surface area contributed by atoms with Gasteiger partial charge in [0, 0.05) is 11.8 Å². The number of nitrogens with zero attached hydrogens (tertiary/aromatic N) is 4. The average molecular weight is 434 g/mol. The Bertz CT molecular complexity index is 1470. The number of fused-ring (bicyclic) bond motifs is 2. The average Bonchev–Trinajstić information content (AvgIpc) is 3.68. The zero-order chi connectivity index (χ0) is 22.2. The monoisotopic (exact) mass is 433 g/mol. The van der Waals surface area contributed by atoms with Gasteiger partial charge in [0.1, 0.15) is 0 Å². The largest absolute Gasteiger partial charge is 0.481 e. The molecule has 1 aromatic heterocycles. The number of aromatic nitrogens is 3. The van der Waals surface area contributed by atoms with Crippen molar-refractivity contribution in [3.63, 3.8) is 0 Å². The van der Waals surface area contributed by atoms with Gasteiger partial charge in [0.05, 0.1) is 58.5 Å². The smallest absolute Gasteiger partial charge is 0.213 e. The van der Waals surface area contributed by atoms with Gasteiger partial charge in [-0.05, 0) is 55.3 Å². The van der Waals surface area contributed by atoms with E-state index in [0.717, 1.165) is 57.7 Å². The summed E-state index contributed by atoms with van der Waals surface area (Å²) in [5, 5.41) is 4.43. The molecule has 2 aromatic carbocycles. The van der Waals surface area contributed by atoms with E-state index in [-0.39, 0.29) is 0 Å². The molecule has 162 valence electrons. The van der Waals surface area contributed by atoms with E-state index >= 15 is 0 Å². The van der Waals surface area contributed by atoms with Crippen LogP contribution >= 0.6 is 0 Å². The van der Waals surface area contributed by atoms with Gasteiger partial charge in [-0.3, -0.25) is 4.99 Å². The van der Waals surface area contributed by atoms with Crippen molar-refractivity contribution < 1.29 is 4.74 Å². The van der Waals surface area contributed by atoms with Gasteiger partial charge in [-0.15, -0.1) is 0 Å². The van der Waals surface area contributed by atoms with Crippen LogP contribution in [0.25, 0.3) is 28.1 Å². The molecule has 3 aliphatic rings. The molecule has 1 N–H and O–H groups in total. The van der Waals surface area contributed by atoms with Gasteiger partial charge >= 0.3 is 0 Å². The van der Waals surface area contributed by atoms with Crippen LogP contribution in [0.4, 0.5) is 11.4 Å². The first-order chi connectivity index (χ1) is 16.3. The van der Waals surface area contributed by atoms with E-state index in [0.29, 0.717) is 11.9 Å². The molecule has 0 amide bonds. The normalized spacial score (nSPS) is 14.0. The molecular weight excluding hydrogens is 410 g/mol. The number of hydrogen-bond donors (Lipinski definition) is 1. The Morgan fingerprint density at radius 2 is 1.79 bits per heavy atom. The van der Waals surface area contributed by atoms with Crippen LogP contribution in [0.5, 0.6) is 5.88 Å². The Balaban J connectivity index is 1.59. The zero-order valence-electron chi connectivity index (χ0n) is 18.3. The van der Waals surface area contributed by atoms with Gasteiger partial charge in [-0.2, -0.15) is 0 Å². The van der Waals surface area contributed by atoms with Crippen molar-refractivity contribution in [1.29, 1.82) is 0 Å². The number of anilines is 2. The molecule has 0 unspecified atom stereocenters. The van der Waals surface area contributed by atoms with Gasteiger partial charge in [0.2, 0.25) is 5.88 Å². The van der Waals surface area contributed by atoms with Crippen LogP contribution in [0.3, 0.4) is 0 Å². The topological polar surface area (TPSA) is 64.3 Å². The molecule has 2 aliphatic carbocycles. The number of hydrogen-bond acceptors (Lipinski definition) is 5. The Kier molecular flexibility index (Phi) is 4.76. The molecule has 0 saturated heterocycles. The molecule has 0 spiro atoms. The molecule has 0 atom stereocenters. The van der Waals surface area contributed by atoms with Crippen molar-refractivity contribution in [3.05, 3.63) is 90.4 Å². The van der Waals surface area contributed by atoms with Crippen molar-refractivity contribution in [2.24, 2.45) is 4.99 Å². The lowest BCUT2D eigenvalue weighted by molar-refractivity contribution is 0.398. The number of nitrogens with one attached hydrogen (secondary N) is 1. The maximum absolute atomic E-state index is 5.19. The number of ether oxygens (including phenoxy) is 1. The lowest BCUT2D eigenvalue weighted by atomic mass is 10.1. The first-order valence-electron chi connectivity index (χ1n) is 11.1. The number of rotatable bonds is 5. The summed E-state index contributed by atoms with van der Waals surface area (Å²) >= 11 is 0. The molecule has 6 rings (SSSR count). The second-order valence-electron chi connectivity index (χ2n) is 8.20. The quantitative estimate of drug-likeness (QED) is 0.380. The summed E-state index contributed by atoms with van der Waals surface area (Å²) in [6.07, 6.45) is 4.04. The van der Waals surface area contributed by atoms with Gasteiger partial charge in [0.15, 0.2) is 0 Å². The minimum atomic E-state index is 0.385. The molecule has 1 aliphatic heterocycles. The summed E-state index contributed by atoms with van der Waals surface area (Å²) in [5.74, 6) is 0.582. The van der Waals surface area contributed by atoms with E-state index in [1.165, 1.54) is 0 Å². The van der Waals surface area contributed by atoms with E-state index in [1.54, 1.807) is 13.3 Å². The maximum atomic E-state index is 5.19. The van der Waals surface area contributed by atoms with Gasteiger partial charge < -0.3 is 14.6 Å². The molecule has 0 bridgehead atoms. The molecule has 1 saturated carbocycles. The van der Waals surface area contributed by atoms with Crippen molar-refractivity contribution in [3.8, 4) is 23.0 Å². The van der Waals surface area contributed by atoms with E-state index < -0.39 is 0 Å². The molecule has 0 radical (unpaired) electrons. The van der Waals surface area contributed by atoms with Crippen LogP contribution < -0.4 is 15.4 Å². The molecule has 6 nitrogen and oxygen atoms in total. The van der Waals surface area contributed by atoms with Crippen molar-refractivity contribution >= 4 is 22.4 Å². The second-order valence-corrected chi connectivity index (χ2v) is 8.20. The Morgan fingerprint density at radius 1 is 0.970 bits per heavy atom. The molecule has 3 aromatic rings. The predicted octanol–water partition coefficient (Wildman–Crippen LogP) is 5.34. The van der Waals surface area contributed by atoms with Crippen LogP contribution in [0.15, 0.2) is 90.1 Å². The summed E-state index contributed by atoms with van der Waals surface area (Å²) in [6.45, 7) is 0. The van der Waals surface area contributed by atoms with Crippen molar-refractivity contribution in [2.75, 3.05) is 12.4 Å². The predicted molar refractivity (Wildman–Crippen MR) is 130 cm³/mol. The van der Waals surface area contributed by atoms with Gasteiger partial charge in [0.25, 0.3) is 0 Å². The van der Waals surface area contributed by atoms with Gasteiger partial charge in [-0.1, -0.05) is 30.3 Å². The molecule has 2 heterocycles. The second kappa shape index (κ2) is 8.06. The maximum Gasteiger partial charge on any atom is 0.213 e. The highest BCUT2D eigenvalue weighted by molar-refractivity contribution is 5.84. The Labute approximate surface area is 191 Å². The minimum Gasteiger partial charge on any atom is -0.481 e. The van der Waals surface area contributed by atoms with Crippen LogP contribution in [0, 0.1) is 0 Å². The van der Waals surface area contributed by atoms with Crippen LogP contribution in [-0.4, -0.2) is 27.7 Å². The number of benzene rings is 3. The van der Waals surface area contributed by atoms with Crippen LogP contribution in [0.2, 0.25) is 0 Å². The fourth-order valence-corrected chi connectivity index (χ4v) is 4.03. The SMILES string of the molecule is COc1ccc(Nc2cc3nc4ccccc4n(-c4ccccc4)c-3cc2=NC2CC2)cn1. The van der Waals surface area contributed by atoms with E-state index in [9.17, 15) is 0 Å².